The topological polar surface area (TPSA) is 129 Å². The lowest BCUT2D eigenvalue weighted by atomic mass is 10.0. The second-order valence-corrected chi connectivity index (χ2v) is 7.83. The summed E-state index contributed by atoms with van der Waals surface area (Å²) in [6.45, 7) is 1.47. The van der Waals surface area contributed by atoms with E-state index in [0.717, 1.165) is 0 Å². The minimum absolute atomic E-state index is 0.0875. The molecule has 0 saturated heterocycles. The summed E-state index contributed by atoms with van der Waals surface area (Å²) in [5.41, 5.74) is -1.36. The van der Waals surface area contributed by atoms with Crippen LogP contribution in [0.4, 0.5) is 5.82 Å². The van der Waals surface area contributed by atoms with Crippen molar-refractivity contribution >= 4 is 39.4 Å². The smallest absolute Gasteiger partial charge is 0.348 e. The summed E-state index contributed by atoms with van der Waals surface area (Å²) in [7, 11) is 0. The Labute approximate surface area is 185 Å². The molecule has 3 aromatic heterocycles. The van der Waals surface area contributed by atoms with Crippen molar-refractivity contribution in [2.24, 2.45) is 0 Å². The van der Waals surface area contributed by atoms with Gasteiger partial charge in [0.15, 0.2) is 17.2 Å². The van der Waals surface area contributed by atoms with Gasteiger partial charge < -0.3 is 15.4 Å². The van der Waals surface area contributed by atoms with Gasteiger partial charge in [0, 0.05) is 5.69 Å². The van der Waals surface area contributed by atoms with Crippen LogP contribution in [-0.4, -0.2) is 29.6 Å². The predicted molar refractivity (Wildman–Crippen MR) is 122 cm³/mol. The zero-order valence-electron chi connectivity index (χ0n) is 16.8. The van der Waals surface area contributed by atoms with E-state index in [9.17, 15) is 14.7 Å². The van der Waals surface area contributed by atoms with Gasteiger partial charge in [0.1, 0.15) is 5.52 Å². The maximum absolute atomic E-state index is 13.5. The number of aromatic amines is 2. The van der Waals surface area contributed by atoms with Gasteiger partial charge in [-0.15, -0.1) is 0 Å². The molecule has 5 aromatic rings. The Morgan fingerprint density at radius 2 is 1.91 bits per heavy atom. The normalized spacial score (nSPS) is 13.3. The van der Waals surface area contributed by atoms with Crippen LogP contribution in [0.25, 0.3) is 27.6 Å². The maximum atomic E-state index is 13.5. The van der Waals surface area contributed by atoms with Crippen LogP contribution in [0.5, 0.6) is 0 Å². The van der Waals surface area contributed by atoms with Gasteiger partial charge in [-0.2, -0.15) is 4.98 Å². The molecule has 0 aliphatic carbocycles. The number of imidazole rings is 1. The molecule has 1 atom stereocenters. The highest BCUT2D eigenvalue weighted by molar-refractivity contribution is 6.35. The lowest BCUT2D eigenvalue weighted by molar-refractivity contribution is 0.0811. The van der Waals surface area contributed by atoms with E-state index in [4.69, 9.17) is 11.6 Å². The quantitative estimate of drug-likeness (QED) is 0.313. The van der Waals surface area contributed by atoms with Crippen LogP contribution >= 0.6 is 11.6 Å². The van der Waals surface area contributed by atoms with Crippen LogP contribution in [-0.2, 0) is 5.72 Å². The average molecular weight is 449 g/mol. The van der Waals surface area contributed by atoms with Gasteiger partial charge in [-0.05, 0) is 36.6 Å². The fourth-order valence-corrected chi connectivity index (χ4v) is 4.02. The molecule has 0 amide bonds. The fourth-order valence-electron chi connectivity index (χ4n) is 3.75. The Hall–Kier alpha value is -3.95. The summed E-state index contributed by atoms with van der Waals surface area (Å²) in [5, 5.41) is 15.6. The second kappa shape index (κ2) is 7.33. The molecule has 1 unspecified atom stereocenters. The standard InChI is InChI=1S/C22H17ClN6O3/c1-22(32,28-19-17-18(25-11-24-17)26-21(31)27-19)15-10-12-6-5-9-14(23)16(12)20(30)29(15)13-7-3-2-4-8-13/h2-11,32H,1H3,(H3,24,25,26,27,28,31). The van der Waals surface area contributed by atoms with Crippen molar-refractivity contribution in [2.75, 3.05) is 5.32 Å². The molecular formula is C22H17ClN6O3. The molecule has 0 saturated carbocycles. The van der Waals surface area contributed by atoms with Crippen molar-refractivity contribution in [1.29, 1.82) is 0 Å². The lowest BCUT2D eigenvalue weighted by Crippen LogP contribution is -2.39. The Bertz CT molecular complexity index is 1590. The molecule has 3 heterocycles. The van der Waals surface area contributed by atoms with Gasteiger partial charge in [-0.3, -0.25) is 14.3 Å². The molecular weight excluding hydrogens is 432 g/mol. The molecule has 2 aromatic carbocycles. The third-order valence-corrected chi connectivity index (χ3v) is 5.50. The number of hydrogen-bond donors (Lipinski definition) is 4. The van der Waals surface area contributed by atoms with E-state index in [1.807, 2.05) is 6.07 Å². The zero-order valence-corrected chi connectivity index (χ0v) is 17.5. The fraction of sp³-hybridized carbons (Fsp3) is 0.0909. The molecule has 9 nitrogen and oxygen atoms in total. The minimum Gasteiger partial charge on any atom is -0.366 e. The first-order valence-electron chi connectivity index (χ1n) is 9.69. The number of hydrogen-bond acceptors (Lipinski definition) is 6. The van der Waals surface area contributed by atoms with Gasteiger partial charge in [0.25, 0.3) is 5.56 Å². The summed E-state index contributed by atoms with van der Waals surface area (Å²) in [6, 6.07) is 15.7. The highest BCUT2D eigenvalue weighted by Gasteiger charge is 2.30. The molecule has 32 heavy (non-hydrogen) atoms. The van der Waals surface area contributed by atoms with Gasteiger partial charge in [-0.25, -0.2) is 9.78 Å². The van der Waals surface area contributed by atoms with Gasteiger partial charge in [0.05, 0.1) is 22.4 Å². The van der Waals surface area contributed by atoms with E-state index in [2.05, 4.69) is 25.3 Å². The van der Waals surface area contributed by atoms with Crippen molar-refractivity contribution < 1.29 is 5.11 Å². The average Bonchev–Trinajstić information content (AvgIpc) is 3.22. The number of benzene rings is 2. The summed E-state index contributed by atoms with van der Waals surface area (Å²) in [4.78, 5) is 38.9. The second-order valence-electron chi connectivity index (χ2n) is 7.42. The van der Waals surface area contributed by atoms with Crippen molar-refractivity contribution in [3.8, 4) is 5.69 Å². The van der Waals surface area contributed by atoms with Crippen LogP contribution in [0, 0.1) is 0 Å². The number of nitrogens with one attached hydrogen (secondary N) is 3. The van der Waals surface area contributed by atoms with Crippen LogP contribution in [0.2, 0.25) is 5.02 Å². The lowest BCUT2D eigenvalue weighted by Gasteiger charge is -2.29. The third kappa shape index (κ3) is 3.24. The van der Waals surface area contributed by atoms with Gasteiger partial charge in [0.2, 0.25) is 0 Å². The number of anilines is 1. The SMILES string of the molecule is CC(O)(Nc1nc(=O)[nH]c2nc[nH]c12)c1cc2cccc(Cl)c2c(=O)n1-c1ccccc1. The number of halogens is 1. The third-order valence-electron chi connectivity index (χ3n) is 5.19. The molecule has 0 fully saturated rings. The summed E-state index contributed by atoms with van der Waals surface area (Å²) in [5.74, 6) is 0.0875. The highest BCUT2D eigenvalue weighted by atomic mass is 35.5. The van der Waals surface area contributed by atoms with E-state index >= 15 is 0 Å². The van der Waals surface area contributed by atoms with Crippen LogP contribution in [0.3, 0.4) is 0 Å². The number of aromatic nitrogens is 5. The Morgan fingerprint density at radius 1 is 1.12 bits per heavy atom. The van der Waals surface area contributed by atoms with Crippen LogP contribution in [0.1, 0.15) is 12.6 Å². The molecule has 0 radical (unpaired) electrons. The van der Waals surface area contributed by atoms with Crippen LogP contribution < -0.4 is 16.6 Å². The first-order valence-corrected chi connectivity index (χ1v) is 10.1. The number of rotatable bonds is 4. The van der Waals surface area contributed by atoms with E-state index in [0.29, 0.717) is 27.0 Å². The number of H-pyrrole nitrogens is 2. The Balaban J connectivity index is 1.78. The van der Waals surface area contributed by atoms with Gasteiger partial charge in [-0.1, -0.05) is 41.9 Å². The molecule has 10 heteroatoms. The number of fused-ring (bicyclic) bond motifs is 2. The largest absolute Gasteiger partial charge is 0.366 e. The predicted octanol–water partition coefficient (Wildman–Crippen LogP) is 2.88. The molecule has 0 aliphatic rings. The number of pyridine rings is 1. The van der Waals surface area contributed by atoms with E-state index < -0.39 is 11.4 Å². The molecule has 5 rings (SSSR count). The molecule has 0 bridgehead atoms. The Morgan fingerprint density at radius 3 is 2.69 bits per heavy atom. The molecule has 160 valence electrons. The number of nitrogens with zero attached hydrogens (tertiary/aromatic N) is 3. The van der Waals surface area contributed by atoms with E-state index in [-0.39, 0.29) is 22.7 Å². The van der Waals surface area contributed by atoms with Crippen LogP contribution in [0.15, 0.2) is 70.5 Å². The van der Waals surface area contributed by atoms with Crippen molar-refractivity contribution in [3.05, 3.63) is 92.5 Å². The van der Waals surface area contributed by atoms with Crippen molar-refractivity contribution in [3.63, 3.8) is 0 Å². The summed E-state index contributed by atoms with van der Waals surface area (Å²) < 4.78 is 1.39. The van der Waals surface area contributed by atoms with Crippen molar-refractivity contribution in [1.82, 2.24) is 24.5 Å². The maximum Gasteiger partial charge on any atom is 0.348 e. The molecule has 4 N–H and O–H groups in total. The number of aliphatic hydroxyl groups is 1. The first kappa shape index (κ1) is 20.0. The first-order chi connectivity index (χ1) is 15.3. The van der Waals surface area contributed by atoms with E-state index in [1.54, 1.807) is 48.5 Å². The summed E-state index contributed by atoms with van der Waals surface area (Å²) >= 11 is 6.34. The zero-order chi connectivity index (χ0) is 22.5. The summed E-state index contributed by atoms with van der Waals surface area (Å²) in [6.07, 6.45) is 1.40. The number of para-hydroxylation sites is 1. The van der Waals surface area contributed by atoms with Crippen molar-refractivity contribution in [2.45, 2.75) is 12.6 Å². The minimum atomic E-state index is -1.82. The molecule has 0 aliphatic heterocycles. The van der Waals surface area contributed by atoms with Gasteiger partial charge >= 0.3 is 5.69 Å². The highest BCUT2D eigenvalue weighted by Crippen LogP contribution is 2.30. The van der Waals surface area contributed by atoms with E-state index in [1.165, 1.54) is 17.8 Å². The monoisotopic (exact) mass is 448 g/mol. The molecule has 0 spiro atoms. The Kier molecular flexibility index (Phi) is 4.58.